The van der Waals surface area contributed by atoms with Crippen molar-refractivity contribution in [3.8, 4) is 0 Å². The van der Waals surface area contributed by atoms with Crippen LogP contribution in [0.1, 0.15) is 49.0 Å². The van der Waals surface area contributed by atoms with Crippen molar-refractivity contribution in [2.45, 2.75) is 39.2 Å². The zero-order valence-electron chi connectivity index (χ0n) is 14.0. The van der Waals surface area contributed by atoms with Crippen LogP contribution in [0, 0.1) is 5.41 Å². The van der Waals surface area contributed by atoms with Crippen LogP contribution < -0.4 is 4.90 Å². The van der Waals surface area contributed by atoms with Crippen molar-refractivity contribution in [2.75, 3.05) is 23.0 Å². The topological polar surface area (TPSA) is 74.7 Å². The number of hydrogen-bond donors (Lipinski definition) is 1. The molecule has 0 spiro atoms. The van der Waals surface area contributed by atoms with E-state index >= 15 is 0 Å². The van der Waals surface area contributed by atoms with Gasteiger partial charge in [0.15, 0.2) is 9.84 Å². The van der Waals surface area contributed by atoms with E-state index in [0.717, 1.165) is 22.3 Å². The normalized spacial score (nSPS) is 25.2. The monoisotopic (exact) mass is 415 g/mol. The lowest BCUT2D eigenvalue weighted by atomic mass is 9.91. The van der Waals surface area contributed by atoms with E-state index in [-0.39, 0.29) is 34.4 Å². The second kappa shape index (κ2) is 5.73. The molecule has 1 saturated heterocycles. The summed E-state index contributed by atoms with van der Waals surface area (Å²) in [6.45, 7) is 7.09. The Hall–Kier alpha value is -1.08. The first-order valence-electron chi connectivity index (χ1n) is 8.02. The van der Waals surface area contributed by atoms with Crippen molar-refractivity contribution in [1.29, 1.82) is 0 Å². The second-order valence-corrected chi connectivity index (χ2v) is 11.0. The lowest BCUT2D eigenvalue weighted by Gasteiger charge is -2.37. The van der Waals surface area contributed by atoms with Gasteiger partial charge in [-0.1, -0.05) is 20.8 Å². The molecule has 1 aromatic rings. The molecule has 2 aliphatic heterocycles. The summed E-state index contributed by atoms with van der Waals surface area (Å²) in [7, 11) is -3.06. The van der Waals surface area contributed by atoms with E-state index in [4.69, 9.17) is 0 Å². The lowest BCUT2D eigenvalue weighted by Crippen LogP contribution is -2.46. The Labute approximate surface area is 151 Å². The maximum atomic E-state index is 12.2. The molecule has 0 radical (unpaired) electrons. The molecule has 0 amide bonds. The highest BCUT2D eigenvalue weighted by Gasteiger charge is 2.46. The predicted molar refractivity (Wildman–Crippen MR) is 97.7 cm³/mol. The van der Waals surface area contributed by atoms with Gasteiger partial charge in [0.25, 0.3) is 0 Å². The minimum absolute atomic E-state index is 0.00171. The summed E-state index contributed by atoms with van der Waals surface area (Å²) in [5.74, 6) is -0.586. The Balaban J connectivity index is 2.14. The van der Waals surface area contributed by atoms with Gasteiger partial charge < -0.3 is 10.0 Å². The van der Waals surface area contributed by atoms with Crippen LogP contribution in [-0.2, 0) is 9.84 Å². The highest BCUT2D eigenvalue weighted by molar-refractivity contribution is 9.10. The molecule has 0 aliphatic carbocycles. The molecule has 132 valence electrons. The standard InChI is InChI=1S/C17H22BrNO4S/c1-17(2,3)9-19-14-8-24(22,23)5-4-11(14)12-6-10(16(20)21)7-13(18)15(12)19/h6-7,11,14H,4-5,8-9H2,1-3H3,(H,20,21). The minimum atomic E-state index is -3.06. The summed E-state index contributed by atoms with van der Waals surface area (Å²) in [6.07, 6.45) is 0.552. The molecule has 1 fully saturated rings. The number of aromatic carboxylic acids is 1. The summed E-state index contributed by atoms with van der Waals surface area (Å²) in [4.78, 5) is 13.6. The smallest absolute Gasteiger partial charge is 0.335 e. The molecule has 7 heteroatoms. The van der Waals surface area contributed by atoms with Crippen molar-refractivity contribution in [1.82, 2.24) is 0 Å². The number of anilines is 1. The number of carboxylic acid groups (broad SMARTS) is 1. The fraction of sp³-hybridized carbons (Fsp3) is 0.588. The quantitative estimate of drug-likeness (QED) is 0.801. The van der Waals surface area contributed by atoms with Gasteiger partial charge in [-0.25, -0.2) is 13.2 Å². The van der Waals surface area contributed by atoms with Crippen LogP contribution in [0.3, 0.4) is 0 Å². The van der Waals surface area contributed by atoms with Gasteiger partial charge in [0, 0.05) is 23.0 Å². The van der Waals surface area contributed by atoms with E-state index in [1.807, 2.05) is 0 Å². The minimum Gasteiger partial charge on any atom is -0.478 e. The summed E-state index contributed by atoms with van der Waals surface area (Å²) in [5, 5.41) is 9.34. The highest BCUT2D eigenvalue weighted by atomic mass is 79.9. The van der Waals surface area contributed by atoms with Crippen LogP contribution in [0.5, 0.6) is 0 Å². The molecular weight excluding hydrogens is 394 g/mol. The van der Waals surface area contributed by atoms with Crippen LogP contribution in [0.2, 0.25) is 0 Å². The average molecular weight is 416 g/mol. The first-order valence-corrected chi connectivity index (χ1v) is 10.6. The number of hydrogen-bond acceptors (Lipinski definition) is 4. The summed E-state index contributed by atoms with van der Waals surface area (Å²) in [5.41, 5.74) is 2.16. The molecule has 1 N–H and O–H groups in total. The van der Waals surface area contributed by atoms with Crippen molar-refractivity contribution in [3.05, 3.63) is 27.7 Å². The van der Waals surface area contributed by atoms with Gasteiger partial charge in [-0.15, -0.1) is 0 Å². The van der Waals surface area contributed by atoms with Crippen molar-refractivity contribution in [3.63, 3.8) is 0 Å². The highest BCUT2D eigenvalue weighted by Crippen LogP contribution is 2.50. The van der Waals surface area contributed by atoms with E-state index in [9.17, 15) is 18.3 Å². The van der Waals surface area contributed by atoms with E-state index in [1.165, 1.54) is 0 Å². The fourth-order valence-electron chi connectivity index (χ4n) is 3.83. The van der Waals surface area contributed by atoms with Gasteiger partial charge in [0.05, 0.1) is 22.8 Å². The van der Waals surface area contributed by atoms with Crippen molar-refractivity contribution in [2.24, 2.45) is 5.41 Å². The van der Waals surface area contributed by atoms with E-state index in [2.05, 4.69) is 41.6 Å². The Morgan fingerprint density at radius 2 is 2.04 bits per heavy atom. The molecule has 0 saturated carbocycles. The number of carboxylic acids is 1. The summed E-state index contributed by atoms with van der Waals surface area (Å²) < 4.78 is 25.1. The van der Waals surface area contributed by atoms with Gasteiger partial charge in [-0.05, 0) is 45.5 Å². The van der Waals surface area contributed by atoms with Crippen LogP contribution in [0.25, 0.3) is 0 Å². The van der Waals surface area contributed by atoms with Gasteiger partial charge in [0.2, 0.25) is 0 Å². The lowest BCUT2D eigenvalue weighted by molar-refractivity contribution is 0.0696. The molecule has 24 heavy (non-hydrogen) atoms. The third-order valence-corrected chi connectivity index (χ3v) is 7.01. The van der Waals surface area contributed by atoms with E-state index in [0.29, 0.717) is 6.42 Å². The van der Waals surface area contributed by atoms with Gasteiger partial charge in [-0.3, -0.25) is 0 Å². The Morgan fingerprint density at radius 3 is 2.62 bits per heavy atom. The van der Waals surface area contributed by atoms with Crippen molar-refractivity contribution >= 4 is 37.4 Å². The first-order chi connectivity index (χ1) is 11.0. The van der Waals surface area contributed by atoms with E-state index < -0.39 is 15.8 Å². The maximum Gasteiger partial charge on any atom is 0.335 e. The Kier molecular flexibility index (Phi) is 4.23. The van der Waals surface area contributed by atoms with Crippen LogP contribution >= 0.6 is 15.9 Å². The Morgan fingerprint density at radius 1 is 1.38 bits per heavy atom. The number of benzene rings is 1. The second-order valence-electron chi connectivity index (χ2n) is 7.97. The molecule has 0 aromatic heterocycles. The molecular formula is C17H22BrNO4S. The molecule has 2 atom stereocenters. The van der Waals surface area contributed by atoms with Gasteiger partial charge in [0.1, 0.15) is 0 Å². The van der Waals surface area contributed by atoms with Gasteiger partial charge in [-0.2, -0.15) is 0 Å². The zero-order valence-corrected chi connectivity index (χ0v) is 16.4. The number of rotatable bonds is 2. The third kappa shape index (κ3) is 3.20. The van der Waals surface area contributed by atoms with Crippen molar-refractivity contribution < 1.29 is 18.3 Å². The average Bonchev–Trinajstić information content (AvgIpc) is 2.69. The number of fused-ring (bicyclic) bond motifs is 3. The predicted octanol–water partition coefficient (Wildman–Crippen LogP) is 3.28. The zero-order chi connectivity index (χ0) is 17.9. The molecule has 1 aromatic carbocycles. The molecule has 2 heterocycles. The summed E-state index contributed by atoms with van der Waals surface area (Å²) >= 11 is 3.52. The SMILES string of the molecule is CC(C)(C)CN1c2c(Br)cc(C(=O)O)cc2C2CCS(=O)(=O)CC21. The molecule has 2 unspecified atom stereocenters. The van der Waals surface area contributed by atoms with Gasteiger partial charge >= 0.3 is 5.97 Å². The molecule has 3 rings (SSSR count). The van der Waals surface area contributed by atoms with Crippen LogP contribution in [0.4, 0.5) is 5.69 Å². The summed E-state index contributed by atoms with van der Waals surface area (Å²) in [6, 6.07) is 3.22. The van der Waals surface area contributed by atoms with E-state index in [1.54, 1.807) is 12.1 Å². The number of nitrogens with zero attached hydrogens (tertiary/aromatic N) is 1. The van der Waals surface area contributed by atoms with Crippen LogP contribution in [0.15, 0.2) is 16.6 Å². The number of carbonyl (C=O) groups is 1. The third-order valence-electron chi connectivity index (χ3n) is 4.70. The number of sulfone groups is 1. The molecule has 2 aliphatic rings. The Bertz CT molecular complexity index is 798. The molecule has 5 nitrogen and oxygen atoms in total. The fourth-order valence-corrected chi connectivity index (χ4v) is 6.25. The first kappa shape index (κ1) is 17.7. The van der Waals surface area contributed by atoms with Crippen LogP contribution in [-0.4, -0.2) is 43.6 Å². The molecule has 0 bridgehead atoms. The number of halogens is 1. The maximum absolute atomic E-state index is 12.2. The largest absolute Gasteiger partial charge is 0.478 e.